The molecule has 4 aromatic rings. The maximum atomic E-state index is 15.9. The molecular formula is C50H50F8N8O8S. The highest BCUT2D eigenvalue weighted by Gasteiger charge is 2.52. The Bertz CT molecular complexity index is 2930. The molecule has 5 N–H and O–H groups in total. The summed E-state index contributed by atoms with van der Waals surface area (Å²) in [5, 5.41) is 24.4. The van der Waals surface area contributed by atoms with E-state index in [0.717, 1.165) is 29.3 Å². The van der Waals surface area contributed by atoms with Crippen molar-refractivity contribution in [3.05, 3.63) is 106 Å². The number of carbonyl (C=O) groups is 5. The van der Waals surface area contributed by atoms with Crippen LogP contribution in [0.1, 0.15) is 86.5 Å². The van der Waals surface area contributed by atoms with E-state index in [4.69, 9.17) is 32.7 Å². The number of pyridine rings is 1. The van der Waals surface area contributed by atoms with Gasteiger partial charge in [0.25, 0.3) is 5.91 Å². The number of hydrogen-bond donors (Lipinski definition) is 4. The normalized spacial score (nSPS) is 17.2. The van der Waals surface area contributed by atoms with Gasteiger partial charge in [-0.1, -0.05) is 32.9 Å². The number of carbonyl (C=O) groups excluding carboxylic acids is 5. The van der Waals surface area contributed by atoms with Crippen LogP contribution in [0, 0.1) is 28.4 Å². The first-order valence-corrected chi connectivity index (χ1v) is 23.4. The molecule has 0 unspecified atom stereocenters. The number of ether oxygens (including phenoxy) is 2. The fourth-order valence-corrected chi connectivity index (χ4v) is 8.94. The molecule has 0 spiro atoms. The number of aromatic nitrogens is 1. The average Bonchev–Trinajstić information content (AvgIpc) is 3.80. The lowest BCUT2D eigenvalue weighted by atomic mass is 9.85. The van der Waals surface area contributed by atoms with Crippen LogP contribution < -0.4 is 30.9 Å². The van der Waals surface area contributed by atoms with Gasteiger partial charge in [0.1, 0.15) is 41.2 Å². The van der Waals surface area contributed by atoms with Crippen molar-refractivity contribution in [3.8, 4) is 23.1 Å². The number of nitriles is 1. The van der Waals surface area contributed by atoms with Crippen molar-refractivity contribution >= 4 is 58.2 Å². The molecule has 400 valence electrons. The smallest absolute Gasteiger partial charge is 0.420 e. The van der Waals surface area contributed by atoms with Gasteiger partial charge in [0.05, 0.1) is 47.5 Å². The summed E-state index contributed by atoms with van der Waals surface area (Å²) in [5.74, 6) is -6.99. The number of likely N-dealkylation sites (tertiary alicyclic amines) is 1. The first kappa shape index (κ1) is 57.0. The van der Waals surface area contributed by atoms with E-state index >= 15 is 8.78 Å². The predicted octanol–water partition coefficient (Wildman–Crippen LogP) is 6.94. The van der Waals surface area contributed by atoms with Gasteiger partial charge in [0, 0.05) is 43.3 Å². The maximum absolute atomic E-state index is 15.9. The Morgan fingerprint density at radius 2 is 1.64 bits per heavy atom. The molecule has 6 rings (SSSR count). The van der Waals surface area contributed by atoms with E-state index in [9.17, 15) is 55.4 Å². The molecule has 0 saturated carbocycles. The van der Waals surface area contributed by atoms with E-state index in [1.54, 1.807) is 32.9 Å². The standard InChI is InChI=1S/C50H50F8N8O8S/c1-47(2,3)41(44(71)64-24-30(67)19-36(64)43(70)62-22-26-8-10-27(11-9-26)42(60)69)63-37(68)25-73-16-6-7-17-74-31-13-14-32(33(20-31)49(53,54)55)40-34(51)18-29(23-61-40)66-46(75)65(45(72)48(66,4)5)35-15-12-28(21-59)38(39(35)52)50(56,57)58/h8-15,18,20,23,30,36,41,67H,6-7,16-17,19,22,24-25H2,1-5H3,(H2,60,69)(H,62,70)(H,63,68)/t30-,36+,41-/m1/s1. The molecule has 3 aromatic carbocycles. The second kappa shape index (κ2) is 22.3. The molecule has 25 heteroatoms. The SMILES string of the molecule is CC(C)(C)[C@H](NC(=O)COCCCCOc1ccc(-c2ncc(N3C(=S)N(c4ccc(C#N)c(C(F)(F)F)c4F)C(=O)C3(C)C)cc2F)c(C(F)(F)F)c1)C(=O)N1C[C@H](O)C[C@H]1C(=O)NCc1ccc(C(N)=O)cc1. The number of aliphatic hydroxyl groups excluding tert-OH is 1. The first-order chi connectivity index (χ1) is 35.0. The summed E-state index contributed by atoms with van der Waals surface area (Å²) in [6, 6.07) is 10.1. The van der Waals surface area contributed by atoms with Crippen molar-refractivity contribution in [1.29, 1.82) is 5.26 Å². The van der Waals surface area contributed by atoms with Crippen LogP contribution in [0.15, 0.2) is 66.9 Å². The van der Waals surface area contributed by atoms with Crippen molar-refractivity contribution < 1.29 is 73.7 Å². The van der Waals surface area contributed by atoms with Gasteiger partial charge >= 0.3 is 12.4 Å². The van der Waals surface area contributed by atoms with E-state index in [-0.39, 0.29) is 62.6 Å². The third kappa shape index (κ3) is 12.6. The summed E-state index contributed by atoms with van der Waals surface area (Å²) in [7, 11) is 0. The number of aliphatic hydroxyl groups is 1. The van der Waals surface area contributed by atoms with Gasteiger partial charge in [-0.25, -0.2) is 8.78 Å². The van der Waals surface area contributed by atoms with Crippen molar-refractivity contribution in [1.82, 2.24) is 20.5 Å². The average molecular weight is 1080 g/mol. The minimum atomic E-state index is -5.34. The second-order valence-electron chi connectivity index (χ2n) is 19.1. The zero-order valence-electron chi connectivity index (χ0n) is 40.8. The molecule has 0 radical (unpaired) electrons. The quantitative estimate of drug-likeness (QED) is 0.0480. The summed E-state index contributed by atoms with van der Waals surface area (Å²) in [6.45, 7) is 6.91. The largest absolute Gasteiger partial charge is 0.494 e. The van der Waals surface area contributed by atoms with Gasteiger partial charge in [-0.05, 0) is 92.4 Å². The number of thiocarbonyl (C=S) groups is 1. The van der Waals surface area contributed by atoms with E-state index in [0.29, 0.717) is 28.7 Å². The zero-order valence-corrected chi connectivity index (χ0v) is 41.6. The van der Waals surface area contributed by atoms with Crippen molar-refractivity contribution in [2.24, 2.45) is 11.1 Å². The Balaban J connectivity index is 1.03. The van der Waals surface area contributed by atoms with E-state index < -0.39 is 128 Å². The lowest BCUT2D eigenvalue weighted by Gasteiger charge is -2.35. The lowest BCUT2D eigenvalue weighted by molar-refractivity contribution is -0.144. The molecule has 2 fully saturated rings. The van der Waals surface area contributed by atoms with Crippen molar-refractivity contribution in [3.63, 3.8) is 0 Å². The third-order valence-corrected chi connectivity index (χ3v) is 12.6. The van der Waals surface area contributed by atoms with Crippen LogP contribution in [0.4, 0.5) is 46.5 Å². The molecule has 2 aliphatic rings. The number of nitrogens with one attached hydrogen (secondary N) is 2. The molecule has 3 atom stereocenters. The van der Waals surface area contributed by atoms with Gasteiger partial charge in [-0.3, -0.25) is 33.9 Å². The van der Waals surface area contributed by atoms with E-state index in [1.807, 2.05) is 0 Å². The first-order valence-electron chi connectivity index (χ1n) is 23.0. The van der Waals surface area contributed by atoms with Crippen LogP contribution >= 0.6 is 12.2 Å². The van der Waals surface area contributed by atoms with Crippen LogP contribution in [-0.2, 0) is 42.8 Å². The van der Waals surface area contributed by atoms with E-state index in [2.05, 4.69) is 15.6 Å². The van der Waals surface area contributed by atoms with Gasteiger partial charge in [-0.15, -0.1) is 0 Å². The number of hydrogen-bond acceptors (Lipinski definition) is 11. The Morgan fingerprint density at radius 3 is 2.24 bits per heavy atom. The number of halogens is 8. The van der Waals surface area contributed by atoms with Crippen LogP contribution in [0.2, 0.25) is 0 Å². The zero-order chi connectivity index (χ0) is 55.5. The Hall–Kier alpha value is -7.30. The summed E-state index contributed by atoms with van der Waals surface area (Å²) < 4.78 is 127. The Labute approximate surface area is 429 Å². The second-order valence-corrected chi connectivity index (χ2v) is 19.5. The highest BCUT2D eigenvalue weighted by molar-refractivity contribution is 7.81. The maximum Gasteiger partial charge on any atom is 0.420 e. The highest BCUT2D eigenvalue weighted by atomic mass is 32.1. The minimum absolute atomic E-state index is 0.00124. The predicted molar refractivity (Wildman–Crippen MR) is 257 cm³/mol. The molecule has 1 aromatic heterocycles. The fourth-order valence-electron chi connectivity index (χ4n) is 8.43. The number of rotatable bonds is 17. The number of unbranched alkanes of at least 4 members (excludes halogenated alkanes) is 1. The van der Waals surface area contributed by atoms with Crippen LogP contribution in [0.25, 0.3) is 11.3 Å². The summed E-state index contributed by atoms with van der Waals surface area (Å²) in [6.07, 6.45) is -10.1. The van der Waals surface area contributed by atoms with Crippen LogP contribution in [-0.4, -0.2) is 99.7 Å². The number of alkyl halides is 6. The molecule has 0 aliphatic carbocycles. The molecule has 3 heterocycles. The molecule has 0 bridgehead atoms. The van der Waals surface area contributed by atoms with Crippen LogP contribution in [0.5, 0.6) is 5.75 Å². The topological polar surface area (TPSA) is 221 Å². The number of primary amides is 1. The monoisotopic (exact) mass is 1070 g/mol. The molecule has 2 saturated heterocycles. The highest BCUT2D eigenvalue weighted by Crippen LogP contribution is 2.44. The summed E-state index contributed by atoms with van der Waals surface area (Å²) in [5.41, 5.74) is -3.53. The number of amides is 5. The number of benzene rings is 3. The molecule has 75 heavy (non-hydrogen) atoms. The van der Waals surface area contributed by atoms with Gasteiger partial charge in [0.15, 0.2) is 16.7 Å². The molecular weight excluding hydrogens is 1020 g/mol. The minimum Gasteiger partial charge on any atom is -0.494 e. The molecule has 2 aliphatic heterocycles. The number of anilines is 2. The van der Waals surface area contributed by atoms with E-state index in [1.165, 1.54) is 36.9 Å². The number of nitrogens with two attached hydrogens (primary N) is 1. The van der Waals surface area contributed by atoms with Crippen molar-refractivity contribution in [2.45, 2.75) is 96.5 Å². The van der Waals surface area contributed by atoms with Gasteiger partial charge < -0.3 is 40.7 Å². The molecule has 16 nitrogen and oxygen atoms in total. The van der Waals surface area contributed by atoms with Crippen LogP contribution in [0.3, 0.4) is 0 Å². The lowest BCUT2D eigenvalue weighted by Crippen LogP contribution is -2.58. The number of nitrogens with zero attached hydrogens (tertiary/aromatic N) is 5. The Morgan fingerprint density at radius 1 is 0.973 bits per heavy atom. The summed E-state index contributed by atoms with van der Waals surface area (Å²) in [4.78, 5) is 71.7. The third-order valence-electron chi connectivity index (χ3n) is 12.2. The molecule has 5 amide bonds. The van der Waals surface area contributed by atoms with Gasteiger partial charge in [-0.2, -0.15) is 31.6 Å². The Kier molecular flexibility index (Phi) is 16.9. The van der Waals surface area contributed by atoms with Gasteiger partial charge in [0.2, 0.25) is 23.6 Å². The van der Waals surface area contributed by atoms with Crippen molar-refractivity contribution in [2.75, 3.05) is 36.2 Å². The summed E-state index contributed by atoms with van der Waals surface area (Å²) >= 11 is 5.37. The fraction of sp³-hybridized carbons (Fsp3) is 0.400. The number of β-amino-alcohol motifs (C(OH)–C–C–N with tert-alkyl or cyclic N) is 1.